The molecule has 0 amide bonds. The van der Waals surface area contributed by atoms with Gasteiger partial charge in [0.05, 0.1) is 0 Å². The second-order valence-corrected chi connectivity index (χ2v) is 8.12. The van der Waals surface area contributed by atoms with E-state index in [9.17, 15) is 0 Å². The van der Waals surface area contributed by atoms with Crippen LogP contribution in [0, 0.1) is 0 Å². The molecular weight excluding hydrogens is 332 g/mol. The highest BCUT2D eigenvalue weighted by Crippen LogP contribution is 1.88. The fourth-order valence-electron chi connectivity index (χ4n) is 0. The Labute approximate surface area is 181 Å². The molecule has 0 heterocycles. The maximum atomic E-state index is 5.35. The van der Waals surface area contributed by atoms with Crippen molar-refractivity contribution in [1.82, 2.24) is 9.80 Å². The molecule has 0 rings (SSSR count). The van der Waals surface area contributed by atoms with Crippen LogP contribution in [-0.2, 0) is 0 Å². The summed E-state index contributed by atoms with van der Waals surface area (Å²) in [4.78, 5) is 4.00. The van der Waals surface area contributed by atoms with Gasteiger partial charge >= 0.3 is 0 Å². The molecule has 0 unspecified atom stereocenters. The fraction of sp³-hybridized carbons (Fsp3) is 1.00. The molecule has 4 heteroatoms. The lowest BCUT2D eigenvalue weighted by molar-refractivity contribution is 0.505. The summed E-state index contributed by atoms with van der Waals surface area (Å²) in [5, 5.41) is 0. The Bertz CT molecular complexity index is 119. The van der Waals surface area contributed by atoms with Crippen molar-refractivity contribution in [3.8, 4) is 0 Å². The minimum Gasteiger partial charge on any atom is -0.326 e. The molecule has 0 aliphatic carbocycles. The Balaban J connectivity index is -0.0000000126. The van der Waals surface area contributed by atoms with Gasteiger partial charge in [0.1, 0.15) is 0 Å². The van der Waals surface area contributed by atoms with E-state index in [2.05, 4.69) is 13.8 Å². The molecule has 27 heavy (non-hydrogen) atoms. The van der Waals surface area contributed by atoms with Crippen LogP contribution < -0.4 is 11.5 Å². The summed E-state index contributed by atoms with van der Waals surface area (Å²) in [5.74, 6) is 0. The Morgan fingerprint density at radius 3 is 0.481 bits per heavy atom. The number of hydrogen-bond donors (Lipinski definition) is 2. The van der Waals surface area contributed by atoms with Gasteiger partial charge in [0, 0.05) is 11.1 Å². The molecule has 0 aliphatic rings. The van der Waals surface area contributed by atoms with E-state index in [1.165, 1.54) is 6.42 Å². The lowest BCUT2D eigenvalue weighted by atomic mass is 10.1. The summed E-state index contributed by atoms with van der Waals surface area (Å²) in [6, 6.07) is 0. The van der Waals surface area contributed by atoms with E-state index >= 15 is 0 Å². The van der Waals surface area contributed by atoms with Crippen molar-refractivity contribution in [2.24, 2.45) is 11.5 Å². The highest BCUT2D eigenvalue weighted by atomic mass is 15.0. The van der Waals surface area contributed by atoms with Crippen LogP contribution in [0.1, 0.15) is 106 Å². The second kappa shape index (κ2) is 44.9. The van der Waals surface area contributed by atoms with E-state index in [0.717, 1.165) is 0 Å². The lowest BCUT2D eigenvalue weighted by Gasteiger charge is -2.06. The SMILES string of the molecule is C.C.C.C.C.C.CC(C)(C)N.CC(C)(C)N.CCC.CN(C)C.CN(C)C. The van der Waals surface area contributed by atoms with Crippen molar-refractivity contribution in [2.75, 3.05) is 42.3 Å². The third-order valence-electron chi connectivity index (χ3n) is 0. The Kier molecular flexibility index (Phi) is 119. The van der Waals surface area contributed by atoms with Crippen molar-refractivity contribution in [3.63, 3.8) is 0 Å². The molecule has 0 spiro atoms. The summed E-state index contributed by atoms with van der Waals surface area (Å²) in [6.45, 7) is 16.0. The summed E-state index contributed by atoms with van der Waals surface area (Å²) in [7, 11) is 12.0. The molecule has 0 fully saturated rings. The van der Waals surface area contributed by atoms with Gasteiger partial charge in [0.2, 0.25) is 0 Å². The lowest BCUT2D eigenvalue weighted by Crippen LogP contribution is -2.26. The Morgan fingerprint density at radius 2 is 0.481 bits per heavy atom. The van der Waals surface area contributed by atoms with Crippen molar-refractivity contribution in [2.45, 2.75) is 117 Å². The molecule has 0 aromatic heterocycles. The van der Waals surface area contributed by atoms with E-state index in [-0.39, 0.29) is 55.6 Å². The fourth-order valence-corrected chi connectivity index (χ4v) is 0. The van der Waals surface area contributed by atoms with Crippen molar-refractivity contribution in [3.05, 3.63) is 0 Å². The largest absolute Gasteiger partial charge is 0.326 e. The summed E-state index contributed by atoms with van der Waals surface area (Å²) in [5.41, 5.74) is 10.7. The monoisotopic (exact) mass is 405 g/mol. The molecule has 184 valence electrons. The third kappa shape index (κ3) is 574000. The van der Waals surface area contributed by atoms with Crippen molar-refractivity contribution in [1.29, 1.82) is 0 Å². The molecule has 0 bridgehead atoms. The van der Waals surface area contributed by atoms with Crippen LogP contribution in [0.3, 0.4) is 0 Å². The molecule has 0 atom stereocenters. The topological polar surface area (TPSA) is 58.5 Å². The third-order valence-corrected chi connectivity index (χ3v) is 0. The highest BCUT2D eigenvalue weighted by molar-refractivity contribution is 4.60. The van der Waals surface area contributed by atoms with Crippen LogP contribution >= 0.6 is 0 Å². The molecular formula is C23H72N4. The minimum atomic E-state index is 0. The van der Waals surface area contributed by atoms with E-state index in [1.54, 1.807) is 0 Å². The molecule has 0 aromatic carbocycles. The molecule has 0 radical (unpaired) electrons. The number of rotatable bonds is 0. The van der Waals surface area contributed by atoms with Crippen LogP contribution in [0.5, 0.6) is 0 Å². The van der Waals surface area contributed by atoms with Gasteiger partial charge in [0.15, 0.2) is 0 Å². The quantitative estimate of drug-likeness (QED) is 0.453. The summed E-state index contributed by atoms with van der Waals surface area (Å²) in [6.07, 6.45) is 1.25. The molecule has 0 saturated heterocycles. The van der Waals surface area contributed by atoms with Crippen molar-refractivity contribution >= 4 is 0 Å². The second-order valence-electron chi connectivity index (χ2n) is 8.12. The molecule has 4 N–H and O–H groups in total. The van der Waals surface area contributed by atoms with Crippen molar-refractivity contribution < 1.29 is 0 Å². The maximum absolute atomic E-state index is 5.35. The van der Waals surface area contributed by atoms with E-state index in [0.29, 0.717) is 0 Å². The van der Waals surface area contributed by atoms with Crippen LogP contribution in [0.2, 0.25) is 0 Å². The smallest absolute Gasteiger partial charge is 0.00686 e. The zero-order valence-corrected chi connectivity index (χ0v) is 17.8. The number of nitrogens with zero attached hydrogens (tertiary/aromatic N) is 2. The predicted octanol–water partition coefficient (Wildman–Crippen LogP) is 7.08. The standard InChI is InChI=1S/2C4H11N.2C3H9N.C3H8.6CH4/c2*1-4(2,3)5;2*1-4(2)3;1-3-2;;;;;;/h2*5H2,1-3H3;2*1-3H3;3H2,1-2H3;6*1H4. The Hall–Kier alpha value is -0.160. The summed E-state index contributed by atoms with van der Waals surface area (Å²) < 4.78 is 0. The first-order valence-electron chi connectivity index (χ1n) is 7.67. The van der Waals surface area contributed by atoms with Gasteiger partial charge in [-0.2, -0.15) is 0 Å². The predicted molar refractivity (Wildman–Crippen MR) is 143 cm³/mol. The van der Waals surface area contributed by atoms with Crippen LogP contribution in [-0.4, -0.2) is 63.2 Å². The maximum Gasteiger partial charge on any atom is 0.00686 e. The normalized spacial score (nSPS) is 7.78. The first-order valence-corrected chi connectivity index (χ1v) is 7.67. The van der Waals surface area contributed by atoms with E-state index in [4.69, 9.17) is 11.5 Å². The molecule has 0 aliphatic heterocycles. The Morgan fingerprint density at radius 1 is 0.481 bits per heavy atom. The van der Waals surface area contributed by atoms with Gasteiger partial charge in [-0.3, -0.25) is 0 Å². The van der Waals surface area contributed by atoms with Gasteiger partial charge in [-0.1, -0.05) is 64.8 Å². The van der Waals surface area contributed by atoms with Crippen LogP contribution in [0.15, 0.2) is 0 Å². The summed E-state index contributed by atoms with van der Waals surface area (Å²) >= 11 is 0. The van der Waals surface area contributed by atoms with Gasteiger partial charge in [-0.15, -0.1) is 0 Å². The molecule has 0 aromatic rings. The van der Waals surface area contributed by atoms with E-state index in [1.807, 2.05) is 93.6 Å². The zero-order valence-electron chi connectivity index (χ0n) is 17.8. The highest BCUT2D eigenvalue weighted by Gasteiger charge is 1.96. The average Bonchev–Trinajstić information content (AvgIpc) is 1.92. The van der Waals surface area contributed by atoms with Gasteiger partial charge in [-0.05, 0) is 83.8 Å². The van der Waals surface area contributed by atoms with Crippen LogP contribution in [0.4, 0.5) is 0 Å². The van der Waals surface area contributed by atoms with Gasteiger partial charge in [-0.25, -0.2) is 0 Å². The zero-order chi connectivity index (χ0) is 18.9. The van der Waals surface area contributed by atoms with Crippen LogP contribution in [0.25, 0.3) is 0 Å². The first-order chi connectivity index (χ1) is 8.88. The van der Waals surface area contributed by atoms with Gasteiger partial charge < -0.3 is 21.3 Å². The molecule has 4 nitrogen and oxygen atoms in total. The first kappa shape index (κ1) is 71.4. The molecule has 0 saturated carbocycles. The van der Waals surface area contributed by atoms with E-state index < -0.39 is 0 Å². The average molecular weight is 405 g/mol. The number of hydrogen-bond acceptors (Lipinski definition) is 4. The van der Waals surface area contributed by atoms with Gasteiger partial charge in [0.25, 0.3) is 0 Å². The minimum absolute atomic E-state index is 0. The number of nitrogens with two attached hydrogens (primary N) is 2.